The van der Waals surface area contributed by atoms with Crippen LogP contribution >= 0.6 is 7.82 Å². The van der Waals surface area contributed by atoms with Gasteiger partial charge in [-0.1, -0.05) is 193 Å². The van der Waals surface area contributed by atoms with E-state index in [0.717, 1.165) is 128 Å². The summed E-state index contributed by atoms with van der Waals surface area (Å²) < 4.78 is 34.0. The standard InChI is InChI=1S/C60H100NO8P/c1-6-8-10-12-14-16-18-20-22-23-24-25-26-27-28-29-30-31-32-33-34-35-36-37-39-41-43-45-47-49-51-53-60(63)69-58(57-68-70(64,65)67-55-54-61(3,4)5)56-66-59(62)52-50-48-46-44-42-40-38-21-19-17-15-13-11-9-7-2/h8,10,14-17,20-22,24-25,27-28,30-31,33-34,36-38,58H,6-7,9,11-13,18-19,23,26,29,32,35,39-57H2,1-5H3/b10-8-,16-14-,17-15-,22-20-,25-24-,28-27-,31-30-,34-33-,37-36-,38-21-. The van der Waals surface area contributed by atoms with Crippen molar-refractivity contribution in [2.24, 2.45) is 0 Å². The van der Waals surface area contributed by atoms with Crippen molar-refractivity contribution in [3.05, 3.63) is 122 Å². The summed E-state index contributed by atoms with van der Waals surface area (Å²) in [4.78, 5) is 37.8. The van der Waals surface area contributed by atoms with Crippen LogP contribution in [0.25, 0.3) is 0 Å². The van der Waals surface area contributed by atoms with E-state index >= 15 is 0 Å². The largest absolute Gasteiger partial charge is 0.756 e. The molecule has 2 atom stereocenters. The van der Waals surface area contributed by atoms with Gasteiger partial charge >= 0.3 is 11.9 Å². The van der Waals surface area contributed by atoms with Crippen molar-refractivity contribution in [3.8, 4) is 0 Å². The van der Waals surface area contributed by atoms with Crippen LogP contribution in [0.4, 0.5) is 0 Å². The Morgan fingerprint density at radius 2 is 0.814 bits per heavy atom. The number of carbonyl (C=O) groups is 2. The van der Waals surface area contributed by atoms with E-state index in [4.69, 9.17) is 18.5 Å². The zero-order chi connectivity index (χ0) is 51.3. The minimum Gasteiger partial charge on any atom is -0.756 e. The van der Waals surface area contributed by atoms with Gasteiger partial charge in [-0.15, -0.1) is 0 Å². The summed E-state index contributed by atoms with van der Waals surface area (Å²) in [5.41, 5.74) is 0. The van der Waals surface area contributed by atoms with Crippen molar-refractivity contribution >= 4 is 19.8 Å². The Kier molecular flexibility index (Phi) is 47.8. The average molecular weight is 994 g/mol. The zero-order valence-electron chi connectivity index (χ0n) is 44.9. The Morgan fingerprint density at radius 3 is 1.21 bits per heavy atom. The number of phosphoric ester groups is 1. The summed E-state index contributed by atoms with van der Waals surface area (Å²) in [6.07, 6.45) is 70.9. The first-order valence-electron chi connectivity index (χ1n) is 27.2. The Hall–Kier alpha value is -3.59. The van der Waals surface area contributed by atoms with Gasteiger partial charge < -0.3 is 27.9 Å². The van der Waals surface area contributed by atoms with Gasteiger partial charge in [0.05, 0.1) is 27.7 Å². The molecule has 0 aliphatic rings. The Morgan fingerprint density at radius 1 is 0.457 bits per heavy atom. The smallest absolute Gasteiger partial charge is 0.306 e. The van der Waals surface area contributed by atoms with Crippen molar-refractivity contribution in [2.75, 3.05) is 47.5 Å². The molecule has 0 aliphatic carbocycles. The predicted molar refractivity (Wildman–Crippen MR) is 295 cm³/mol. The van der Waals surface area contributed by atoms with Gasteiger partial charge in [0.25, 0.3) is 7.82 Å². The van der Waals surface area contributed by atoms with Crippen LogP contribution < -0.4 is 4.89 Å². The van der Waals surface area contributed by atoms with Crippen molar-refractivity contribution in [2.45, 2.75) is 200 Å². The molecule has 0 spiro atoms. The van der Waals surface area contributed by atoms with Gasteiger partial charge in [0.15, 0.2) is 6.10 Å². The van der Waals surface area contributed by atoms with Crippen LogP contribution in [0.1, 0.15) is 194 Å². The van der Waals surface area contributed by atoms with E-state index in [1.807, 2.05) is 21.1 Å². The predicted octanol–water partition coefficient (Wildman–Crippen LogP) is 16.2. The fourth-order valence-corrected chi connectivity index (χ4v) is 7.49. The van der Waals surface area contributed by atoms with Gasteiger partial charge in [-0.25, -0.2) is 0 Å². The van der Waals surface area contributed by atoms with Gasteiger partial charge in [0, 0.05) is 12.8 Å². The molecule has 0 aromatic heterocycles. The van der Waals surface area contributed by atoms with Crippen LogP contribution in [0.15, 0.2) is 122 Å². The first kappa shape index (κ1) is 66.4. The number of esters is 2. The van der Waals surface area contributed by atoms with Crippen LogP contribution in [0, 0.1) is 0 Å². The van der Waals surface area contributed by atoms with E-state index in [9.17, 15) is 19.0 Å². The number of ether oxygens (including phenoxy) is 2. The highest BCUT2D eigenvalue weighted by atomic mass is 31.2. The van der Waals surface area contributed by atoms with E-state index in [-0.39, 0.29) is 26.1 Å². The number of quaternary nitrogens is 1. The maximum absolute atomic E-state index is 12.8. The summed E-state index contributed by atoms with van der Waals surface area (Å²) in [7, 11) is 1.13. The molecule has 2 unspecified atom stereocenters. The van der Waals surface area contributed by atoms with Crippen molar-refractivity contribution in [1.82, 2.24) is 0 Å². The summed E-state index contributed by atoms with van der Waals surface area (Å²) in [6, 6.07) is 0. The number of hydrogen-bond donors (Lipinski definition) is 0. The van der Waals surface area contributed by atoms with Crippen LogP contribution in [-0.2, 0) is 32.7 Å². The summed E-state index contributed by atoms with van der Waals surface area (Å²) in [5, 5.41) is 0. The molecule has 0 heterocycles. The lowest BCUT2D eigenvalue weighted by Crippen LogP contribution is -2.37. The number of unbranched alkanes of at least 4 members (excludes halogenated alkanes) is 14. The molecule has 0 N–H and O–H groups in total. The molecule has 0 saturated carbocycles. The third-order valence-electron chi connectivity index (χ3n) is 11.0. The number of carbonyl (C=O) groups excluding carboxylic acids is 2. The summed E-state index contributed by atoms with van der Waals surface area (Å²) >= 11 is 0. The second-order valence-electron chi connectivity index (χ2n) is 18.9. The molecule has 0 fully saturated rings. The van der Waals surface area contributed by atoms with Crippen LogP contribution in [0.3, 0.4) is 0 Å². The van der Waals surface area contributed by atoms with Gasteiger partial charge in [-0.05, 0) is 109 Å². The molecule has 10 heteroatoms. The number of nitrogens with zero attached hydrogens (tertiary/aromatic N) is 1. The topological polar surface area (TPSA) is 111 Å². The van der Waals surface area contributed by atoms with Crippen molar-refractivity contribution in [3.63, 3.8) is 0 Å². The monoisotopic (exact) mass is 994 g/mol. The third kappa shape index (κ3) is 53.8. The minimum atomic E-state index is -4.65. The Labute approximate surface area is 428 Å². The van der Waals surface area contributed by atoms with Gasteiger partial charge in [-0.2, -0.15) is 0 Å². The molecule has 0 aliphatic heterocycles. The molecule has 0 radical (unpaired) electrons. The van der Waals surface area contributed by atoms with E-state index in [0.29, 0.717) is 23.9 Å². The highest BCUT2D eigenvalue weighted by Gasteiger charge is 2.21. The lowest BCUT2D eigenvalue weighted by atomic mass is 10.1. The molecule has 0 aromatic carbocycles. The number of hydrogen-bond acceptors (Lipinski definition) is 8. The Balaban J connectivity index is 4.27. The minimum absolute atomic E-state index is 0.0432. The number of rotatable bonds is 48. The van der Waals surface area contributed by atoms with Gasteiger partial charge in [-0.3, -0.25) is 14.2 Å². The van der Waals surface area contributed by atoms with Crippen LogP contribution in [0.5, 0.6) is 0 Å². The fraction of sp³-hybridized carbons (Fsp3) is 0.633. The molecule has 0 aromatic rings. The maximum atomic E-state index is 12.8. The average Bonchev–Trinajstić information content (AvgIpc) is 3.32. The van der Waals surface area contributed by atoms with Gasteiger partial charge in [0.1, 0.15) is 19.8 Å². The number of likely N-dealkylation sites (N-methyl/N-ethyl adjacent to an activating group) is 1. The highest BCUT2D eigenvalue weighted by Crippen LogP contribution is 2.38. The quantitative estimate of drug-likeness (QED) is 0.0195. The molecule has 0 bridgehead atoms. The molecular weight excluding hydrogens is 894 g/mol. The molecule has 9 nitrogen and oxygen atoms in total. The maximum Gasteiger partial charge on any atom is 0.306 e. The second-order valence-corrected chi connectivity index (χ2v) is 20.3. The lowest BCUT2D eigenvalue weighted by molar-refractivity contribution is -0.870. The van der Waals surface area contributed by atoms with E-state index in [1.54, 1.807) is 0 Å². The molecular formula is C60H100NO8P. The molecule has 0 amide bonds. The SMILES string of the molecule is CC/C=C\C/C=C\C/C=C\C/C=C\C/C=C\C/C=C\C/C=C\C/C=C\CCCCCCCCC(=O)OC(COC(=O)CCCCCCC/C=C\C/C=C\CCCCC)COP(=O)([O-])OCC[N+](C)(C)C. The first-order chi connectivity index (χ1) is 34.0. The van der Waals surface area contributed by atoms with E-state index in [2.05, 4.69) is 135 Å². The fourth-order valence-electron chi connectivity index (χ4n) is 6.76. The van der Waals surface area contributed by atoms with Gasteiger partial charge in [0.2, 0.25) is 0 Å². The van der Waals surface area contributed by atoms with Crippen LogP contribution in [0.2, 0.25) is 0 Å². The number of phosphoric acid groups is 1. The number of allylic oxidation sites excluding steroid dienone is 20. The summed E-state index contributed by atoms with van der Waals surface area (Å²) in [5.74, 6) is -0.877. The lowest BCUT2D eigenvalue weighted by Gasteiger charge is -2.28. The molecule has 70 heavy (non-hydrogen) atoms. The normalized spacial score (nSPS) is 14.3. The third-order valence-corrected chi connectivity index (χ3v) is 11.9. The Bertz CT molecular complexity index is 1590. The van der Waals surface area contributed by atoms with Crippen LogP contribution in [-0.4, -0.2) is 70.0 Å². The first-order valence-corrected chi connectivity index (χ1v) is 28.7. The zero-order valence-corrected chi connectivity index (χ0v) is 45.8. The van der Waals surface area contributed by atoms with E-state index < -0.39 is 32.5 Å². The summed E-state index contributed by atoms with van der Waals surface area (Å²) in [6.45, 7) is 4.04. The van der Waals surface area contributed by atoms with Crippen molar-refractivity contribution < 1.29 is 42.1 Å². The second kappa shape index (κ2) is 50.4. The molecule has 0 rings (SSSR count). The highest BCUT2D eigenvalue weighted by molar-refractivity contribution is 7.45. The van der Waals surface area contributed by atoms with E-state index in [1.165, 1.54) is 25.7 Å². The molecule has 398 valence electrons. The van der Waals surface area contributed by atoms with Crippen molar-refractivity contribution in [1.29, 1.82) is 0 Å². The molecule has 0 saturated heterocycles.